The third-order valence-electron chi connectivity index (χ3n) is 7.06. The van der Waals surface area contributed by atoms with E-state index in [2.05, 4.69) is 30.1 Å². The van der Waals surface area contributed by atoms with E-state index in [0.29, 0.717) is 24.8 Å². The normalized spacial score (nSPS) is 22.7. The number of piperidine rings is 1. The molecule has 2 bridgehead atoms. The minimum atomic E-state index is 0.102. The Morgan fingerprint density at radius 2 is 2.00 bits per heavy atom. The summed E-state index contributed by atoms with van der Waals surface area (Å²) in [6.45, 7) is 5.87. The summed E-state index contributed by atoms with van der Waals surface area (Å²) in [6, 6.07) is 13.7. The first-order valence-electron chi connectivity index (χ1n) is 11.4. The first kappa shape index (κ1) is 20.0. The number of carbonyl (C=O) groups is 1. The van der Waals surface area contributed by atoms with Gasteiger partial charge in [-0.1, -0.05) is 38.1 Å². The highest BCUT2D eigenvalue weighted by Crippen LogP contribution is 2.43. The number of hydrogen-bond acceptors (Lipinski definition) is 3. The zero-order chi connectivity index (χ0) is 21.5. The van der Waals surface area contributed by atoms with Gasteiger partial charge in [0, 0.05) is 42.2 Å². The molecule has 0 spiro atoms. The van der Waals surface area contributed by atoms with Gasteiger partial charge in [-0.05, 0) is 43.2 Å². The van der Waals surface area contributed by atoms with Crippen molar-refractivity contribution in [2.45, 2.75) is 51.5 Å². The summed E-state index contributed by atoms with van der Waals surface area (Å²) in [6.07, 6.45) is 3.46. The van der Waals surface area contributed by atoms with Gasteiger partial charge in [-0.25, -0.2) is 0 Å². The van der Waals surface area contributed by atoms with E-state index in [1.165, 1.54) is 0 Å². The molecule has 0 unspecified atom stereocenters. The van der Waals surface area contributed by atoms with Crippen LogP contribution < -0.4 is 5.56 Å². The van der Waals surface area contributed by atoms with Gasteiger partial charge >= 0.3 is 0 Å². The van der Waals surface area contributed by atoms with Crippen LogP contribution in [0.4, 0.5) is 0 Å². The van der Waals surface area contributed by atoms with Crippen molar-refractivity contribution in [2.75, 3.05) is 13.1 Å². The molecule has 0 radical (unpaired) electrons. The molecule has 162 valence electrons. The summed E-state index contributed by atoms with van der Waals surface area (Å²) >= 11 is 0. The molecule has 2 aromatic heterocycles. The summed E-state index contributed by atoms with van der Waals surface area (Å²) in [4.78, 5) is 28.1. The number of rotatable bonds is 5. The zero-order valence-corrected chi connectivity index (χ0v) is 18.3. The van der Waals surface area contributed by atoms with Crippen molar-refractivity contribution in [2.24, 2.45) is 11.8 Å². The lowest BCUT2D eigenvalue weighted by Gasteiger charge is -2.47. The second-order valence-corrected chi connectivity index (χ2v) is 9.58. The Bertz CT molecular complexity index is 1160. The average molecular weight is 419 g/mol. The molecule has 1 fully saturated rings. The van der Waals surface area contributed by atoms with Gasteiger partial charge in [-0.3, -0.25) is 14.7 Å². The number of aromatic nitrogens is 3. The van der Waals surface area contributed by atoms with E-state index in [-0.39, 0.29) is 23.4 Å². The molecule has 0 aliphatic carbocycles. The average Bonchev–Trinajstić information content (AvgIpc) is 3.16. The number of fused-ring (bicyclic) bond motifs is 5. The number of nitrogens with zero attached hydrogens (tertiary/aromatic N) is 3. The second kappa shape index (κ2) is 7.98. The number of H-pyrrole nitrogens is 1. The topological polar surface area (TPSA) is 71.0 Å². The van der Waals surface area contributed by atoms with Crippen molar-refractivity contribution < 1.29 is 4.79 Å². The van der Waals surface area contributed by atoms with Crippen molar-refractivity contribution in [1.29, 1.82) is 0 Å². The van der Waals surface area contributed by atoms with Crippen LogP contribution in [0.25, 0.3) is 10.9 Å². The van der Waals surface area contributed by atoms with Crippen LogP contribution in [-0.4, -0.2) is 38.7 Å². The van der Waals surface area contributed by atoms with E-state index in [4.69, 9.17) is 0 Å². The summed E-state index contributed by atoms with van der Waals surface area (Å²) in [5, 5.41) is 8.40. The van der Waals surface area contributed by atoms with Gasteiger partial charge in [-0.15, -0.1) is 0 Å². The highest BCUT2D eigenvalue weighted by atomic mass is 16.2. The molecule has 4 heterocycles. The fraction of sp³-hybridized carbons (Fsp3) is 0.480. The molecule has 31 heavy (non-hydrogen) atoms. The SMILES string of the molecule is CC(C)CC[C@H]1[C@H]2C[C@H](CN(C(=O)Cc3[nH]nc4ccccc34)C2)c2cccc(=O)n21. The molecule has 6 nitrogen and oxygen atoms in total. The Balaban J connectivity index is 1.41. The molecular formula is C25H30N4O2. The molecule has 6 heteroatoms. The number of hydrogen-bond donors (Lipinski definition) is 1. The fourth-order valence-corrected chi connectivity index (χ4v) is 5.53. The summed E-state index contributed by atoms with van der Waals surface area (Å²) < 4.78 is 2.05. The van der Waals surface area contributed by atoms with E-state index in [1.54, 1.807) is 6.07 Å². The number of amides is 1. The molecule has 0 saturated carbocycles. The molecule has 3 aromatic rings. The number of pyridine rings is 1. The molecule has 1 N–H and O–H groups in total. The lowest BCUT2D eigenvalue weighted by atomic mass is 9.76. The zero-order valence-electron chi connectivity index (χ0n) is 18.3. The largest absolute Gasteiger partial charge is 0.341 e. The number of likely N-dealkylation sites (tertiary alicyclic amines) is 1. The Morgan fingerprint density at radius 1 is 1.16 bits per heavy atom. The van der Waals surface area contributed by atoms with Crippen molar-refractivity contribution >= 4 is 16.8 Å². The van der Waals surface area contributed by atoms with Gasteiger partial charge in [0.1, 0.15) is 0 Å². The number of benzene rings is 1. The summed E-state index contributed by atoms with van der Waals surface area (Å²) in [5.41, 5.74) is 2.97. The maximum Gasteiger partial charge on any atom is 0.250 e. The minimum Gasteiger partial charge on any atom is -0.341 e. The van der Waals surface area contributed by atoms with Crippen LogP contribution in [0.5, 0.6) is 0 Å². The smallest absolute Gasteiger partial charge is 0.250 e. The number of nitrogens with one attached hydrogen (secondary N) is 1. The lowest BCUT2D eigenvalue weighted by molar-refractivity contribution is -0.133. The van der Waals surface area contributed by atoms with Crippen LogP contribution in [0.3, 0.4) is 0 Å². The summed E-state index contributed by atoms with van der Waals surface area (Å²) in [5.74, 6) is 1.28. The molecule has 3 atom stereocenters. The maximum atomic E-state index is 13.3. The molecule has 2 aliphatic rings. The monoisotopic (exact) mass is 418 g/mol. The van der Waals surface area contributed by atoms with Crippen LogP contribution in [0.15, 0.2) is 47.3 Å². The van der Waals surface area contributed by atoms with Crippen LogP contribution in [-0.2, 0) is 11.2 Å². The van der Waals surface area contributed by atoms with E-state index in [1.807, 2.05) is 39.8 Å². The van der Waals surface area contributed by atoms with E-state index in [0.717, 1.165) is 48.1 Å². The van der Waals surface area contributed by atoms with Gasteiger partial charge in [0.25, 0.3) is 5.56 Å². The molecule has 1 saturated heterocycles. The molecule has 5 rings (SSSR count). The van der Waals surface area contributed by atoms with Crippen LogP contribution in [0, 0.1) is 11.8 Å². The van der Waals surface area contributed by atoms with Crippen LogP contribution in [0.2, 0.25) is 0 Å². The predicted octanol–water partition coefficient (Wildman–Crippen LogP) is 3.89. The van der Waals surface area contributed by atoms with E-state index < -0.39 is 0 Å². The van der Waals surface area contributed by atoms with Gasteiger partial charge in [0.15, 0.2) is 0 Å². The van der Waals surface area contributed by atoms with Crippen molar-refractivity contribution in [3.05, 3.63) is 64.2 Å². The van der Waals surface area contributed by atoms with Gasteiger partial charge < -0.3 is 9.47 Å². The van der Waals surface area contributed by atoms with Crippen LogP contribution >= 0.6 is 0 Å². The van der Waals surface area contributed by atoms with Crippen LogP contribution in [0.1, 0.15) is 56.5 Å². The van der Waals surface area contributed by atoms with Gasteiger partial charge in [-0.2, -0.15) is 5.10 Å². The number of carbonyl (C=O) groups excluding carboxylic acids is 1. The first-order valence-corrected chi connectivity index (χ1v) is 11.4. The Morgan fingerprint density at radius 3 is 2.84 bits per heavy atom. The quantitative estimate of drug-likeness (QED) is 0.683. The maximum absolute atomic E-state index is 13.3. The fourth-order valence-electron chi connectivity index (χ4n) is 5.53. The third-order valence-corrected chi connectivity index (χ3v) is 7.06. The highest BCUT2D eigenvalue weighted by Gasteiger charge is 2.41. The predicted molar refractivity (Wildman–Crippen MR) is 121 cm³/mol. The van der Waals surface area contributed by atoms with Gasteiger partial charge in [0.05, 0.1) is 17.6 Å². The summed E-state index contributed by atoms with van der Waals surface area (Å²) in [7, 11) is 0. The first-order chi connectivity index (χ1) is 15.0. The van der Waals surface area contributed by atoms with Crippen molar-refractivity contribution in [1.82, 2.24) is 19.7 Å². The third kappa shape index (κ3) is 3.68. The molecular weight excluding hydrogens is 388 g/mol. The Hall–Kier alpha value is -2.89. The highest BCUT2D eigenvalue weighted by molar-refractivity contribution is 5.87. The van der Waals surface area contributed by atoms with Crippen molar-refractivity contribution in [3.8, 4) is 0 Å². The van der Waals surface area contributed by atoms with Crippen molar-refractivity contribution in [3.63, 3.8) is 0 Å². The molecule has 1 aromatic carbocycles. The lowest BCUT2D eigenvalue weighted by Crippen LogP contribution is -2.51. The Labute approximate surface area is 182 Å². The van der Waals surface area contributed by atoms with E-state index in [9.17, 15) is 9.59 Å². The number of para-hydroxylation sites is 1. The van der Waals surface area contributed by atoms with Gasteiger partial charge in [0.2, 0.25) is 5.91 Å². The van der Waals surface area contributed by atoms with E-state index >= 15 is 0 Å². The standard InChI is InChI=1S/C25H30N4O2/c1-16(2)10-11-23-18-12-17(22-8-5-9-24(30)29(22)23)14-28(15-18)25(31)13-21-19-6-3-4-7-20(19)26-27-21/h3-9,16-18,23H,10-15H2,1-2H3,(H,26,27)/t17-,18+,23+/m1/s1. The Kier molecular flexibility index (Phi) is 5.16. The molecule has 2 aliphatic heterocycles. The second-order valence-electron chi connectivity index (χ2n) is 9.58. The minimum absolute atomic E-state index is 0.102. The molecule has 1 amide bonds. The number of aromatic amines is 1.